The third-order valence-electron chi connectivity index (χ3n) is 2.78. The van der Waals surface area contributed by atoms with Crippen molar-refractivity contribution in [3.63, 3.8) is 0 Å². The molecule has 0 bridgehead atoms. The molecule has 1 heterocycles. The number of nitrogens with one attached hydrogen (secondary N) is 1. The second-order valence-corrected chi connectivity index (χ2v) is 5.40. The monoisotopic (exact) mass is 355 g/mol. The van der Waals surface area contributed by atoms with Gasteiger partial charge < -0.3 is 15.9 Å². The molecule has 0 aliphatic heterocycles. The van der Waals surface area contributed by atoms with Crippen LogP contribution < -0.4 is 15.9 Å². The number of nitrogens with two attached hydrogens (primary N) is 1. The van der Waals surface area contributed by atoms with Crippen molar-refractivity contribution < 1.29 is 18.3 Å². The van der Waals surface area contributed by atoms with E-state index in [2.05, 4.69) is 26.8 Å². The predicted octanol–water partition coefficient (Wildman–Crippen LogP) is 1.65. The van der Waals surface area contributed by atoms with Gasteiger partial charge in [-0.1, -0.05) is 17.8 Å². The molecule has 0 radical (unpaired) electrons. The molecule has 0 atom stereocenters. The number of hydrogen-bond acceptors (Lipinski definition) is 6. The molecule has 128 valence electrons. The second-order valence-electron chi connectivity index (χ2n) is 4.46. The van der Waals surface area contributed by atoms with E-state index in [9.17, 15) is 13.6 Å². The first-order chi connectivity index (χ1) is 11.5. The van der Waals surface area contributed by atoms with Gasteiger partial charge in [0.05, 0.1) is 5.75 Å². The number of carbonyl (C=O) groups excluding carboxylic acids is 1. The van der Waals surface area contributed by atoms with Crippen LogP contribution in [0.1, 0.15) is 0 Å². The summed E-state index contributed by atoms with van der Waals surface area (Å²) in [5, 5.41) is 10.8. The molecule has 0 unspecified atom stereocenters. The van der Waals surface area contributed by atoms with E-state index in [0.717, 1.165) is 11.8 Å². The van der Waals surface area contributed by atoms with Crippen LogP contribution in [0.15, 0.2) is 42.1 Å². The van der Waals surface area contributed by atoms with Gasteiger partial charge in [-0.25, -0.2) is 4.68 Å². The lowest BCUT2D eigenvalue weighted by atomic mass is 10.2. The Labute approximate surface area is 140 Å². The minimum Gasteiger partial charge on any atom is -0.435 e. The number of hydrogen-bond donors (Lipinski definition) is 2. The van der Waals surface area contributed by atoms with E-state index < -0.39 is 6.61 Å². The van der Waals surface area contributed by atoms with Gasteiger partial charge in [0.2, 0.25) is 11.1 Å². The standard InChI is InChI=1S/C14H15F2N5O2S/c1-2-7-18-11(22)8-24-14-20-19-12(21(14)17)9-3-5-10(6-4-9)23-13(15)16/h2-6,13H,1,7-8,17H2,(H,18,22). The summed E-state index contributed by atoms with van der Waals surface area (Å²) in [5.41, 5.74) is 0.578. The lowest BCUT2D eigenvalue weighted by Crippen LogP contribution is -2.25. The summed E-state index contributed by atoms with van der Waals surface area (Å²) in [7, 11) is 0. The zero-order valence-electron chi connectivity index (χ0n) is 12.5. The molecule has 3 N–H and O–H groups in total. The van der Waals surface area contributed by atoms with Crippen LogP contribution in [0.3, 0.4) is 0 Å². The van der Waals surface area contributed by atoms with Crippen molar-refractivity contribution >= 4 is 17.7 Å². The zero-order valence-corrected chi connectivity index (χ0v) is 13.3. The summed E-state index contributed by atoms with van der Waals surface area (Å²) in [5.74, 6) is 6.23. The summed E-state index contributed by atoms with van der Waals surface area (Å²) < 4.78 is 29.8. The molecule has 0 aliphatic carbocycles. The zero-order chi connectivity index (χ0) is 17.5. The highest BCUT2D eigenvalue weighted by molar-refractivity contribution is 7.99. The normalized spacial score (nSPS) is 10.6. The summed E-state index contributed by atoms with van der Waals surface area (Å²) in [6.45, 7) is 1.00. The maximum absolute atomic E-state index is 12.1. The van der Waals surface area contributed by atoms with E-state index in [1.165, 1.54) is 28.9 Å². The van der Waals surface area contributed by atoms with Crippen LogP contribution in [0.4, 0.5) is 8.78 Å². The molecule has 0 fully saturated rings. The minimum atomic E-state index is -2.88. The number of nitrogens with zero attached hydrogens (tertiary/aromatic N) is 3. The molecule has 1 aromatic heterocycles. The molecule has 0 saturated carbocycles. The van der Waals surface area contributed by atoms with E-state index in [0.29, 0.717) is 23.1 Å². The topological polar surface area (TPSA) is 95.1 Å². The number of alkyl halides is 2. The largest absolute Gasteiger partial charge is 0.435 e. The number of amides is 1. The first-order valence-electron chi connectivity index (χ1n) is 6.77. The smallest absolute Gasteiger partial charge is 0.387 e. The number of thioether (sulfide) groups is 1. The highest BCUT2D eigenvalue weighted by atomic mass is 32.2. The van der Waals surface area contributed by atoms with Gasteiger partial charge in [-0.05, 0) is 24.3 Å². The van der Waals surface area contributed by atoms with E-state index >= 15 is 0 Å². The molecule has 2 rings (SSSR count). The van der Waals surface area contributed by atoms with Gasteiger partial charge >= 0.3 is 6.61 Å². The summed E-state index contributed by atoms with van der Waals surface area (Å²) in [4.78, 5) is 11.5. The summed E-state index contributed by atoms with van der Waals surface area (Å²) >= 11 is 1.13. The fourth-order valence-corrected chi connectivity index (χ4v) is 2.41. The Morgan fingerprint density at radius 2 is 2.12 bits per heavy atom. The fourth-order valence-electron chi connectivity index (χ4n) is 1.72. The molecule has 0 saturated heterocycles. The lowest BCUT2D eigenvalue weighted by molar-refractivity contribution is -0.118. The Hall–Kier alpha value is -2.62. The van der Waals surface area contributed by atoms with Crippen LogP contribution in [-0.2, 0) is 4.79 Å². The van der Waals surface area contributed by atoms with Crippen molar-refractivity contribution in [3.8, 4) is 17.1 Å². The maximum Gasteiger partial charge on any atom is 0.387 e. The Morgan fingerprint density at radius 3 is 2.75 bits per heavy atom. The number of ether oxygens (including phenoxy) is 1. The molecule has 2 aromatic rings. The summed E-state index contributed by atoms with van der Waals surface area (Å²) in [6.07, 6.45) is 1.58. The highest BCUT2D eigenvalue weighted by Gasteiger charge is 2.14. The third-order valence-corrected chi connectivity index (χ3v) is 3.72. The van der Waals surface area contributed by atoms with Crippen molar-refractivity contribution in [2.45, 2.75) is 11.8 Å². The number of carbonyl (C=O) groups is 1. The second kappa shape index (κ2) is 8.29. The van der Waals surface area contributed by atoms with Crippen molar-refractivity contribution in [1.82, 2.24) is 20.2 Å². The van der Waals surface area contributed by atoms with Gasteiger partial charge in [-0.15, -0.1) is 16.8 Å². The Morgan fingerprint density at radius 1 is 1.42 bits per heavy atom. The molecule has 1 amide bonds. The van der Waals surface area contributed by atoms with Gasteiger partial charge in [-0.3, -0.25) is 4.79 Å². The third kappa shape index (κ3) is 4.69. The van der Waals surface area contributed by atoms with E-state index in [1.54, 1.807) is 6.08 Å². The van der Waals surface area contributed by atoms with Gasteiger partial charge in [0, 0.05) is 12.1 Å². The number of halogens is 2. The SMILES string of the molecule is C=CCNC(=O)CSc1nnc(-c2ccc(OC(F)F)cc2)n1N. The van der Waals surface area contributed by atoms with E-state index in [4.69, 9.17) is 5.84 Å². The number of aromatic nitrogens is 3. The lowest BCUT2D eigenvalue weighted by Gasteiger charge is -2.06. The van der Waals surface area contributed by atoms with Gasteiger partial charge in [-0.2, -0.15) is 8.78 Å². The van der Waals surface area contributed by atoms with Crippen LogP contribution >= 0.6 is 11.8 Å². The molecule has 1 aromatic carbocycles. The molecule has 0 aliphatic rings. The van der Waals surface area contributed by atoms with Crippen LogP contribution in [0.5, 0.6) is 5.75 Å². The molecule has 24 heavy (non-hydrogen) atoms. The average Bonchev–Trinajstić information content (AvgIpc) is 2.92. The minimum absolute atomic E-state index is 0.0327. The van der Waals surface area contributed by atoms with Gasteiger partial charge in [0.25, 0.3) is 0 Å². The predicted molar refractivity (Wildman–Crippen MR) is 86.2 cm³/mol. The maximum atomic E-state index is 12.1. The van der Waals surface area contributed by atoms with E-state index in [-0.39, 0.29) is 17.4 Å². The molecular weight excluding hydrogens is 340 g/mol. The Bertz CT molecular complexity index is 706. The fraction of sp³-hybridized carbons (Fsp3) is 0.214. The number of nitrogen functional groups attached to an aromatic ring is 1. The van der Waals surface area contributed by atoms with Crippen molar-refractivity contribution in [2.75, 3.05) is 18.1 Å². The van der Waals surface area contributed by atoms with Crippen LogP contribution in [0.25, 0.3) is 11.4 Å². The van der Waals surface area contributed by atoms with Crippen molar-refractivity contribution in [2.24, 2.45) is 0 Å². The molecule has 7 nitrogen and oxygen atoms in total. The quantitative estimate of drug-likeness (QED) is 0.425. The Kier molecular flexibility index (Phi) is 6.13. The number of benzene rings is 1. The van der Waals surface area contributed by atoms with Crippen LogP contribution in [0.2, 0.25) is 0 Å². The van der Waals surface area contributed by atoms with Crippen LogP contribution in [-0.4, -0.2) is 39.7 Å². The van der Waals surface area contributed by atoms with Gasteiger partial charge in [0.1, 0.15) is 5.75 Å². The van der Waals surface area contributed by atoms with Crippen molar-refractivity contribution in [3.05, 3.63) is 36.9 Å². The van der Waals surface area contributed by atoms with E-state index in [1.807, 2.05) is 0 Å². The highest BCUT2D eigenvalue weighted by Crippen LogP contribution is 2.24. The molecule has 10 heteroatoms. The van der Waals surface area contributed by atoms with Crippen LogP contribution in [0, 0.1) is 0 Å². The van der Waals surface area contributed by atoms with Gasteiger partial charge in [0.15, 0.2) is 5.82 Å². The summed E-state index contributed by atoms with van der Waals surface area (Å²) in [6, 6.07) is 5.84. The Balaban J connectivity index is 2.03. The molecular formula is C14H15F2N5O2S. The first kappa shape index (κ1) is 17.7. The average molecular weight is 355 g/mol. The van der Waals surface area contributed by atoms with Crippen molar-refractivity contribution in [1.29, 1.82) is 0 Å². The molecule has 0 spiro atoms. The first-order valence-corrected chi connectivity index (χ1v) is 7.76. The number of rotatable bonds is 8.